The van der Waals surface area contributed by atoms with Crippen molar-refractivity contribution in [3.63, 3.8) is 0 Å². The van der Waals surface area contributed by atoms with E-state index in [0.717, 1.165) is 29.9 Å². The zero-order valence-corrected chi connectivity index (χ0v) is 10.8. The quantitative estimate of drug-likeness (QED) is 0.831. The van der Waals surface area contributed by atoms with Crippen molar-refractivity contribution in [1.29, 1.82) is 5.26 Å². The SMILES string of the molecule is N#Cc1cnc(N2CCNCC2CO)c(Br)c1. The zero-order valence-electron chi connectivity index (χ0n) is 9.23. The van der Waals surface area contributed by atoms with E-state index in [-0.39, 0.29) is 12.6 Å². The molecule has 0 radical (unpaired) electrons. The van der Waals surface area contributed by atoms with Gasteiger partial charge in [0.2, 0.25) is 0 Å². The molecule has 1 aromatic heterocycles. The minimum atomic E-state index is 0.0282. The summed E-state index contributed by atoms with van der Waals surface area (Å²) in [5.41, 5.74) is 0.524. The van der Waals surface area contributed by atoms with E-state index in [4.69, 9.17) is 5.26 Å². The second kappa shape index (κ2) is 5.45. The molecule has 2 rings (SSSR count). The lowest BCUT2D eigenvalue weighted by atomic mass is 10.2. The molecule has 1 unspecified atom stereocenters. The van der Waals surface area contributed by atoms with E-state index in [1.165, 1.54) is 0 Å². The van der Waals surface area contributed by atoms with Crippen LogP contribution in [-0.4, -0.2) is 42.4 Å². The van der Waals surface area contributed by atoms with E-state index in [1.54, 1.807) is 12.3 Å². The largest absolute Gasteiger partial charge is 0.394 e. The lowest BCUT2D eigenvalue weighted by Gasteiger charge is -2.36. The molecule has 0 amide bonds. The summed E-state index contributed by atoms with van der Waals surface area (Å²) in [5.74, 6) is 0.782. The van der Waals surface area contributed by atoms with Crippen LogP contribution in [0.15, 0.2) is 16.7 Å². The highest BCUT2D eigenvalue weighted by Gasteiger charge is 2.24. The van der Waals surface area contributed by atoms with Crippen LogP contribution in [-0.2, 0) is 0 Å². The Morgan fingerprint density at radius 3 is 3.18 bits per heavy atom. The van der Waals surface area contributed by atoms with Crippen LogP contribution in [0.4, 0.5) is 5.82 Å². The van der Waals surface area contributed by atoms with Crippen LogP contribution >= 0.6 is 15.9 Å². The molecular formula is C11H13BrN4O. The molecule has 0 aliphatic carbocycles. The first-order valence-electron chi connectivity index (χ1n) is 5.40. The van der Waals surface area contributed by atoms with Crippen LogP contribution in [0.2, 0.25) is 0 Å². The molecule has 0 bridgehead atoms. The highest BCUT2D eigenvalue weighted by atomic mass is 79.9. The number of halogens is 1. The maximum atomic E-state index is 9.34. The number of nitrogens with one attached hydrogen (secondary N) is 1. The fourth-order valence-electron chi connectivity index (χ4n) is 1.91. The number of hydrogen-bond acceptors (Lipinski definition) is 5. The minimum absolute atomic E-state index is 0.0282. The van der Waals surface area contributed by atoms with Crippen LogP contribution in [0.3, 0.4) is 0 Å². The van der Waals surface area contributed by atoms with Crippen molar-refractivity contribution in [3.8, 4) is 6.07 Å². The third-order valence-corrected chi connectivity index (χ3v) is 3.37. The van der Waals surface area contributed by atoms with E-state index < -0.39 is 0 Å². The van der Waals surface area contributed by atoms with Crippen molar-refractivity contribution < 1.29 is 5.11 Å². The van der Waals surface area contributed by atoms with Gasteiger partial charge in [-0.3, -0.25) is 0 Å². The van der Waals surface area contributed by atoms with Gasteiger partial charge in [0.25, 0.3) is 0 Å². The molecule has 1 atom stereocenters. The van der Waals surface area contributed by atoms with Gasteiger partial charge in [0.15, 0.2) is 0 Å². The Balaban J connectivity index is 2.29. The highest BCUT2D eigenvalue weighted by molar-refractivity contribution is 9.10. The lowest BCUT2D eigenvalue weighted by molar-refractivity contribution is 0.246. The number of rotatable bonds is 2. The molecule has 1 fully saturated rings. The number of aliphatic hydroxyl groups excluding tert-OH is 1. The Kier molecular flexibility index (Phi) is 3.94. The molecule has 2 N–H and O–H groups in total. The van der Waals surface area contributed by atoms with E-state index in [0.29, 0.717) is 5.56 Å². The van der Waals surface area contributed by atoms with Gasteiger partial charge in [0.05, 0.1) is 22.7 Å². The van der Waals surface area contributed by atoms with E-state index >= 15 is 0 Å². The maximum absolute atomic E-state index is 9.34. The number of aromatic nitrogens is 1. The Morgan fingerprint density at radius 1 is 1.71 bits per heavy atom. The summed E-state index contributed by atoms with van der Waals surface area (Å²) < 4.78 is 0.789. The number of pyridine rings is 1. The van der Waals surface area contributed by atoms with E-state index in [2.05, 4.69) is 37.2 Å². The number of nitrogens with zero attached hydrogens (tertiary/aromatic N) is 3. The van der Waals surface area contributed by atoms with Crippen molar-refractivity contribution in [2.75, 3.05) is 31.1 Å². The summed E-state index contributed by atoms with van der Waals surface area (Å²) in [7, 11) is 0. The summed E-state index contributed by atoms with van der Waals surface area (Å²) >= 11 is 3.42. The second-order valence-corrected chi connectivity index (χ2v) is 4.73. The summed E-state index contributed by atoms with van der Waals surface area (Å²) in [4.78, 5) is 6.35. The van der Waals surface area contributed by atoms with Crippen molar-refractivity contribution in [2.45, 2.75) is 6.04 Å². The average Bonchev–Trinajstić information content (AvgIpc) is 2.38. The Bertz CT molecular complexity index is 446. The van der Waals surface area contributed by atoms with Crippen LogP contribution in [0.1, 0.15) is 5.56 Å². The summed E-state index contributed by atoms with van der Waals surface area (Å²) in [6.45, 7) is 2.49. The smallest absolute Gasteiger partial charge is 0.143 e. The molecule has 1 saturated heterocycles. The fourth-order valence-corrected chi connectivity index (χ4v) is 2.48. The predicted octanol–water partition coefficient (Wildman–Crippen LogP) is 0.486. The standard InChI is InChI=1S/C11H13BrN4O/c12-10-3-8(4-13)5-15-11(10)16-2-1-14-6-9(16)7-17/h3,5,9,14,17H,1-2,6-7H2. The molecule has 6 heteroatoms. The first-order chi connectivity index (χ1) is 8.26. The number of piperazine rings is 1. The van der Waals surface area contributed by atoms with Crippen molar-refractivity contribution in [1.82, 2.24) is 10.3 Å². The van der Waals surface area contributed by atoms with Gasteiger partial charge in [-0.2, -0.15) is 5.26 Å². The zero-order chi connectivity index (χ0) is 12.3. The number of aliphatic hydroxyl groups is 1. The van der Waals surface area contributed by atoms with Crippen LogP contribution < -0.4 is 10.2 Å². The van der Waals surface area contributed by atoms with Crippen molar-refractivity contribution >= 4 is 21.7 Å². The van der Waals surface area contributed by atoms with Gasteiger partial charge in [0, 0.05) is 25.8 Å². The molecule has 0 spiro atoms. The first-order valence-corrected chi connectivity index (χ1v) is 6.19. The number of anilines is 1. The molecule has 0 aromatic carbocycles. The van der Waals surface area contributed by atoms with Gasteiger partial charge in [0.1, 0.15) is 11.9 Å². The van der Waals surface area contributed by atoms with E-state index in [1.807, 2.05) is 0 Å². The number of hydrogen-bond donors (Lipinski definition) is 2. The topological polar surface area (TPSA) is 72.2 Å². The summed E-state index contributed by atoms with van der Waals surface area (Å²) in [6.07, 6.45) is 1.55. The minimum Gasteiger partial charge on any atom is -0.394 e. The Hall–Kier alpha value is -1.16. The van der Waals surface area contributed by atoms with Gasteiger partial charge in [-0.1, -0.05) is 0 Å². The molecule has 1 aliphatic rings. The summed E-state index contributed by atoms with van der Waals surface area (Å²) in [6, 6.07) is 3.83. The molecule has 1 aromatic rings. The lowest BCUT2D eigenvalue weighted by Crippen LogP contribution is -2.53. The van der Waals surface area contributed by atoms with Crippen LogP contribution in [0.5, 0.6) is 0 Å². The van der Waals surface area contributed by atoms with Crippen molar-refractivity contribution in [2.24, 2.45) is 0 Å². The molecule has 90 valence electrons. The van der Waals surface area contributed by atoms with Gasteiger partial charge in [-0.15, -0.1) is 0 Å². The molecular weight excluding hydrogens is 284 g/mol. The van der Waals surface area contributed by atoms with Gasteiger partial charge < -0.3 is 15.3 Å². The first kappa shape index (κ1) is 12.3. The van der Waals surface area contributed by atoms with Gasteiger partial charge >= 0.3 is 0 Å². The Morgan fingerprint density at radius 2 is 2.53 bits per heavy atom. The molecule has 5 nitrogen and oxygen atoms in total. The fraction of sp³-hybridized carbons (Fsp3) is 0.455. The molecule has 2 heterocycles. The Labute approximate surface area is 108 Å². The van der Waals surface area contributed by atoms with Gasteiger partial charge in [-0.05, 0) is 22.0 Å². The van der Waals surface area contributed by atoms with E-state index in [9.17, 15) is 5.11 Å². The predicted molar refractivity (Wildman–Crippen MR) is 67.7 cm³/mol. The second-order valence-electron chi connectivity index (χ2n) is 3.88. The van der Waals surface area contributed by atoms with Crippen LogP contribution in [0, 0.1) is 11.3 Å². The molecule has 17 heavy (non-hydrogen) atoms. The van der Waals surface area contributed by atoms with Gasteiger partial charge in [-0.25, -0.2) is 4.98 Å². The molecule has 1 aliphatic heterocycles. The average molecular weight is 297 g/mol. The third kappa shape index (κ3) is 2.57. The monoisotopic (exact) mass is 296 g/mol. The molecule has 0 saturated carbocycles. The van der Waals surface area contributed by atoms with Crippen molar-refractivity contribution in [3.05, 3.63) is 22.3 Å². The maximum Gasteiger partial charge on any atom is 0.143 e. The summed E-state index contributed by atoms with van der Waals surface area (Å²) in [5, 5.41) is 21.4. The normalized spacial score (nSPS) is 20.1. The van der Waals surface area contributed by atoms with Crippen LogP contribution in [0.25, 0.3) is 0 Å². The highest BCUT2D eigenvalue weighted by Crippen LogP contribution is 2.26. The number of nitriles is 1. The third-order valence-electron chi connectivity index (χ3n) is 2.78.